The van der Waals surface area contributed by atoms with Crippen LogP contribution in [-0.4, -0.2) is 46.3 Å². The van der Waals surface area contributed by atoms with Crippen molar-refractivity contribution < 1.29 is 4.79 Å². The Morgan fingerprint density at radius 1 is 1.40 bits per heavy atom. The maximum atomic E-state index is 11.8. The standard InChI is InChI=1S/C10H16N2OS2/c13-9(12-5-2-1-3-6-12)8-15-10-11-4-7-14-10/h1-8H2. The van der Waals surface area contributed by atoms with Gasteiger partial charge in [-0.1, -0.05) is 23.5 Å². The summed E-state index contributed by atoms with van der Waals surface area (Å²) >= 11 is 3.38. The maximum absolute atomic E-state index is 11.8. The van der Waals surface area contributed by atoms with Gasteiger partial charge in [0.15, 0.2) is 0 Å². The van der Waals surface area contributed by atoms with Gasteiger partial charge < -0.3 is 4.90 Å². The average molecular weight is 244 g/mol. The van der Waals surface area contributed by atoms with Crippen molar-refractivity contribution in [3.63, 3.8) is 0 Å². The number of amides is 1. The molecule has 0 aromatic rings. The highest BCUT2D eigenvalue weighted by molar-refractivity contribution is 8.39. The quantitative estimate of drug-likeness (QED) is 0.743. The van der Waals surface area contributed by atoms with E-state index in [1.165, 1.54) is 19.3 Å². The van der Waals surface area contributed by atoms with E-state index >= 15 is 0 Å². The molecule has 2 aliphatic heterocycles. The van der Waals surface area contributed by atoms with Crippen molar-refractivity contribution in [1.82, 2.24) is 4.90 Å². The summed E-state index contributed by atoms with van der Waals surface area (Å²) in [7, 11) is 0. The first-order chi connectivity index (χ1) is 7.36. The molecule has 0 atom stereocenters. The molecule has 0 aromatic heterocycles. The molecule has 1 fully saturated rings. The Kier molecular flexibility index (Phi) is 4.38. The first-order valence-corrected chi connectivity index (χ1v) is 7.41. The molecule has 84 valence electrons. The zero-order valence-electron chi connectivity index (χ0n) is 8.78. The minimum atomic E-state index is 0.287. The minimum absolute atomic E-state index is 0.287. The highest BCUT2D eigenvalue weighted by atomic mass is 32.2. The molecule has 0 aromatic carbocycles. The summed E-state index contributed by atoms with van der Waals surface area (Å²) in [6.45, 7) is 2.84. The number of likely N-dealkylation sites (tertiary alicyclic amines) is 1. The molecule has 3 nitrogen and oxygen atoms in total. The Bertz CT molecular complexity index is 262. The number of carbonyl (C=O) groups is 1. The van der Waals surface area contributed by atoms with Crippen LogP contribution in [0.1, 0.15) is 19.3 Å². The van der Waals surface area contributed by atoms with Gasteiger partial charge in [-0.2, -0.15) is 0 Å². The molecule has 5 heteroatoms. The Balaban J connectivity index is 1.71. The van der Waals surface area contributed by atoms with Gasteiger partial charge in [-0.05, 0) is 19.3 Å². The average Bonchev–Trinajstić information content (AvgIpc) is 2.80. The van der Waals surface area contributed by atoms with E-state index in [2.05, 4.69) is 4.99 Å². The Morgan fingerprint density at radius 2 is 2.20 bits per heavy atom. The molecule has 0 unspecified atom stereocenters. The van der Waals surface area contributed by atoms with Crippen molar-refractivity contribution in [3.05, 3.63) is 0 Å². The van der Waals surface area contributed by atoms with E-state index in [1.54, 1.807) is 23.5 Å². The van der Waals surface area contributed by atoms with Crippen molar-refractivity contribution in [2.75, 3.05) is 31.1 Å². The van der Waals surface area contributed by atoms with Gasteiger partial charge in [0, 0.05) is 18.8 Å². The van der Waals surface area contributed by atoms with E-state index in [4.69, 9.17) is 0 Å². The highest BCUT2D eigenvalue weighted by Crippen LogP contribution is 2.22. The van der Waals surface area contributed by atoms with Gasteiger partial charge in [-0.3, -0.25) is 9.79 Å². The molecule has 1 amide bonds. The lowest BCUT2D eigenvalue weighted by Gasteiger charge is -2.26. The van der Waals surface area contributed by atoms with Gasteiger partial charge in [-0.15, -0.1) is 0 Å². The van der Waals surface area contributed by atoms with Crippen LogP contribution in [0.2, 0.25) is 0 Å². The largest absolute Gasteiger partial charge is 0.342 e. The maximum Gasteiger partial charge on any atom is 0.233 e. The topological polar surface area (TPSA) is 32.7 Å². The number of thioether (sulfide) groups is 2. The van der Waals surface area contributed by atoms with Crippen LogP contribution in [-0.2, 0) is 4.79 Å². The van der Waals surface area contributed by atoms with Gasteiger partial charge in [0.2, 0.25) is 5.91 Å². The third kappa shape index (κ3) is 3.41. The summed E-state index contributed by atoms with van der Waals surface area (Å²) in [6.07, 6.45) is 3.62. The third-order valence-corrected chi connectivity index (χ3v) is 4.82. The van der Waals surface area contributed by atoms with E-state index in [1.807, 2.05) is 4.90 Å². The lowest BCUT2D eigenvalue weighted by molar-refractivity contribution is -0.129. The molecular weight excluding hydrogens is 228 g/mol. The van der Waals surface area contributed by atoms with Gasteiger partial charge >= 0.3 is 0 Å². The first kappa shape index (κ1) is 11.3. The van der Waals surface area contributed by atoms with Crippen LogP contribution in [0, 0.1) is 0 Å². The molecule has 15 heavy (non-hydrogen) atoms. The van der Waals surface area contributed by atoms with E-state index in [0.29, 0.717) is 5.75 Å². The minimum Gasteiger partial charge on any atom is -0.342 e. The summed E-state index contributed by atoms with van der Waals surface area (Å²) < 4.78 is 1.10. The number of aliphatic imine (C=N–C) groups is 1. The van der Waals surface area contributed by atoms with Crippen LogP contribution in [0.25, 0.3) is 0 Å². The van der Waals surface area contributed by atoms with Gasteiger partial charge in [0.05, 0.1) is 12.3 Å². The molecule has 2 heterocycles. The van der Waals surface area contributed by atoms with Crippen LogP contribution < -0.4 is 0 Å². The van der Waals surface area contributed by atoms with E-state index in [-0.39, 0.29) is 5.91 Å². The zero-order valence-corrected chi connectivity index (χ0v) is 10.4. The monoisotopic (exact) mass is 244 g/mol. The summed E-state index contributed by atoms with van der Waals surface area (Å²) in [5, 5.41) is 0. The van der Waals surface area contributed by atoms with E-state index in [0.717, 1.165) is 29.8 Å². The molecule has 0 radical (unpaired) electrons. The summed E-state index contributed by atoms with van der Waals surface area (Å²) in [5.74, 6) is 1.95. The lowest BCUT2D eigenvalue weighted by Crippen LogP contribution is -2.36. The van der Waals surface area contributed by atoms with Crippen LogP contribution in [0.15, 0.2) is 4.99 Å². The molecule has 0 bridgehead atoms. The predicted molar refractivity (Wildman–Crippen MR) is 67.6 cm³/mol. The fourth-order valence-corrected chi connectivity index (χ4v) is 3.67. The van der Waals surface area contributed by atoms with Crippen molar-refractivity contribution in [1.29, 1.82) is 0 Å². The summed E-state index contributed by atoms with van der Waals surface area (Å²) in [4.78, 5) is 18.1. The summed E-state index contributed by atoms with van der Waals surface area (Å²) in [5.41, 5.74) is 0. The number of hydrogen-bond acceptors (Lipinski definition) is 4. The van der Waals surface area contributed by atoms with Crippen LogP contribution in [0.3, 0.4) is 0 Å². The van der Waals surface area contributed by atoms with Crippen LogP contribution in [0.5, 0.6) is 0 Å². The molecule has 0 spiro atoms. The first-order valence-electron chi connectivity index (χ1n) is 5.44. The second-order valence-corrected chi connectivity index (χ2v) is 6.03. The Morgan fingerprint density at radius 3 is 2.87 bits per heavy atom. The third-order valence-electron chi connectivity index (χ3n) is 2.59. The van der Waals surface area contributed by atoms with Crippen molar-refractivity contribution in [2.45, 2.75) is 19.3 Å². The fourth-order valence-electron chi connectivity index (χ4n) is 1.76. The molecule has 0 saturated carbocycles. The lowest BCUT2D eigenvalue weighted by atomic mass is 10.1. The van der Waals surface area contributed by atoms with Crippen LogP contribution >= 0.6 is 23.5 Å². The zero-order chi connectivity index (χ0) is 10.5. The van der Waals surface area contributed by atoms with Gasteiger partial charge in [0.1, 0.15) is 4.38 Å². The molecule has 2 rings (SSSR count). The second-order valence-electron chi connectivity index (χ2n) is 3.73. The predicted octanol–water partition coefficient (Wildman–Crippen LogP) is 1.83. The number of piperidine rings is 1. The van der Waals surface area contributed by atoms with E-state index < -0.39 is 0 Å². The second kappa shape index (κ2) is 5.80. The molecule has 2 aliphatic rings. The Hall–Kier alpha value is -0.160. The normalized spacial score (nSPS) is 21.6. The van der Waals surface area contributed by atoms with E-state index in [9.17, 15) is 4.79 Å². The van der Waals surface area contributed by atoms with Crippen molar-refractivity contribution in [3.8, 4) is 0 Å². The Labute approximate surface area is 99.1 Å². The SMILES string of the molecule is O=C(CSC1=NCCS1)N1CCCCC1. The van der Waals surface area contributed by atoms with Crippen LogP contribution in [0.4, 0.5) is 0 Å². The van der Waals surface area contributed by atoms with Gasteiger partial charge in [-0.25, -0.2) is 0 Å². The van der Waals surface area contributed by atoms with Gasteiger partial charge in [0.25, 0.3) is 0 Å². The number of carbonyl (C=O) groups excluding carboxylic acids is 1. The molecule has 1 saturated heterocycles. The van der Waals surface area contributed by atoms with Crippen molar-refractivity contribution >= 4 is 33.8 Å². The fraction of sp³-hybridized carbons (Fsp3) is 0.800. The molecular formula is C10H16N2OS2. The molecule has 0 N–H and O–H groups in total. The highest BCUT2D eigenvalue weighted by Gasteiger charge is 2.17. The number of hydrogen-bond donors (Lipinski definition) is 0. The van der Waals surface area contributed by atoms with Crippen molar-refractivity contribution in [2.24, 2.45) is 4.99 Å². The number of nitrogens with zero attached hydrogens (tertiary/aromatic N) is 2. The number of rotatable bonds is 2. The summed E-state index contributed by atoms with van der Waals surface area (Å²) in [6, 6.07) is 0. The molecule has 0 aliphatic carbocycles. The smallest absolute Gasteiger partial charge is 0.233 e.